The van der Waals surface area contributed by atoms with Crippen molar-refractivity contribution in [3.63, 3.8) is 0 Å². The second kappa shape index (κ2) is 10.0. The van der Waals surface area contributed by atoms with Crippen LogP contribution >= 0.6 is 0 Å². The summed E-state index contributed by atoms with van der Waals surface area (Å²) in [5.41, 5.74) is 0.491. The van der Waals surface area contributed by atoms with E-state index in [0.29, 0.717) is 23.4 Å². The third-order valence-corrected chi connectivity index (χ3v) is 6.17. The lowest BCUT2D eigenvalue weighted by Crippen LogP contribution is -2.46. The Morgan fingerprint density at radius 3 is 2.50 bits per heavy atom. The Morgan fingerprint density at radius 2 is 1.85 bits per heavy atom. The number of carbonyl (C=O) groups excluding carboxylic acids is 2. The Hall–Kier alpha value is -3.76. The SMILES string of the molecule is COc1ccc(C(O)=C2C(=O)C(=O)N(CCN3CCNCC3)[C@@H]2c2cccc([N+](=O)[O-])c2)cc1. The number of aliphatic hydroxyl groups is 1. The molecule has 0 spiro atoms. The molecule has 1 amide bonds. The van der Waals surface area contributed by atoms with E-state index in [4.69, 9.17) is 4.74 Å². The predicted octanol–water partition coefficient (Wildman–Crippen LogP) is 1.93. The van der Waals surface area contributed by atoms with Crippen LogP contribution in [0.4, 0.5) is 5.69 Å². The third kappa shape index (κ3) is 4.63. The number of likely N-dealkylation sites (tertiary alicyclic amines) is 1. The number of benzene rings is 2. The van der Waals surface area contributed by atoms with Crippen LogP contribution in [0, 0.1) is 10.1 Å². The van der Waals surface area contributed by atoms with E-state index in [1.807, 2.05) is 0 Å². The zero-order valence-corrected chi connectivity index (χ0v) is 18.8. The number of Topliss-reactive ketones (excluding diaryl/α,β-unsaturated/α-hetero) is 1. The molecule has 1 atom stereocenters. The Morgan fingerprint density at radius 1 is 1.15 bits per heavy atom. The number of nitrogens with zero attached hydrogens (tertiary/aromatic N) is 3. The molecule has 10 nitrogen and oxygen atoms in total. The van der Waals surface area contributed by atoms with E-state index >= 15 is 0 Å². The van der Waals surface area contributed by atoms with Crippen LogP contribution in [0.3, 0.4) is 0 Å². The van der Waals surface area contributed by atoms with E-state index in [1.165, 1.54) is 30.2 Å². The molecule has 0 radical (unpaired) electrons. The van der Waals surface area contributed by atoms with Crippen molar-refractivity contribution in [2.75, 3.05) is 46.4 Å². The van der Waals surface area contributed by atoms with Crippen LogP contribution in [0.25, 0.3) is 5.76 Å². The summed E-state index contributed by atoms with van der Waals surface area (Å²) in [6.07, 6.45) is 0. The summed E-state index contributed by atoms with van der Waals surface area (Å²) >= 11 is 0. The van der Waals surface area contributed by atoms with E-state index in [1.54, 1.807) is 30.3 Å². The topological polar surface area (TPSA) is 125 Å². The molecule has 0 aliphatic carbocycles. The van der Waals surface area contributed by atoms with E-state index < -0.39 is 22.7 Å². The van der Waals surface area contributed by atoms with E-state index in [0.717, 1.165) is 26.2 Å². The number of nitrogens with one attached hydrogen (secondary N) is 1. The Bertz CT molecular complexity index is 1120. The molecule has 34 heavy (non-hydrogen) atoms. The first-order chi connectivity index (χ1) is 16.4. The highest BCUT2D eigenvalue weighted by Crippen LogP contribution is 2.40. The number of ether oxygens (including phenoxy) is 1. The van der Waals surface area contributed by atoms with Gasteiger partial charge in [-0.3, -0.25) is 24.6 Å². The molecule has 10 heteroatoms. The summed E-state index contributed by atoms with van der Waals surface area (Å²) in [5, 5.41) is 25.8. The zero-order chi connectivity index (χ0) is 24.2. The van der Waals surface area contributed by atoms with E-state index in [-0.39, 0.29) is 23.6 Å². The first-order valence-corrected chi connectivity index (χ1v) is 11.0. The van der Waals surface area contributed by atoms with Crippen molar-refractivity contribution < 1.29 is 24.4 Å². The van der Waals surface area contributed by atoms with Crippen molar-refractivity contribution in [2.45, 2.75) is 6.04 Å². The number of amides is 1. The largest absolute Gasteiger partial charge is 0.507 e. The van der Waals surface area contributed by atoms with Gasteiger partial charge in [-0.15, -0.1) is 0 Å². The third-order valence-electron chi connectivity index (χ3n) is 6.17. The van der Waals surface area contributed by atoms with Gasteiger partial charge < -0.3 is 20.1 Å². The normalized spacial score (nSPS) is 20.5. The Labute approximate surface area is 196 Å². The van der Waals surface area contributed by atoms with Gasteiger partial charge in [-0.05, 0) is 29.8 Å². The first-order valence-electron chi connectivity index (χ1n) is 11.0. The number of hydrogen-bond acceptors (Lipinski definition) is 8. The number of ketones is 1. The molecule has 2 saturated heterocycles. The summed E-state index contributed by atoms with van der Waals surface area (Å²) in [7, 11) is 1.51. The van der Waals surface area contributed by atoms with Crippen LogP contribution in [0.1, 0.15) is 17.2 Å². The van der Waals surface area contributed by atoms with Gasteiger partial charge in [0.2, 0.25) is 0 Å². The Kier molecular flexibility index (Phi) is 6.90. The van der Waals surface area contributed by atoms with E-state index in [9.17, 15) is 24.8 Å². The number of rotatable bonds is 7. The minimum Gasteiger partial charge on any atom is -0.507 e. The summed E-state index contributed by atoms with van der Waals surface area (Å²) in [4.78, 5) is 40.6. The average Bonchev–Trinajstić information content (AvgIpc) is 3.12. The highest BCUT2D eigenvalue weighted by Gasteiger charge is 2.46. The summed E-state index contributed by atoms with van der Waals surface area (Å²) in [6, 6.07) is 11.3. The number of nitro benzene ring substituents is 1. The van der Waals surface area contributed by atoms with Gasteiger partial charge >= 0.3 is 0 Å². The maximum absolute atomic E-state index is 13.1. The van der Waals surface area contributed by atoms with Gasteiger partial charge in [0.15, 0.2) is 0 Å². The van der Waals surface area contributed by atoms with Gasteiger partial charge in [0.1, 0.15) is 11.5 Å². The van der Waals surface area contributed by atoms with Gasteiger partial charge in [-0.1, -0.05) is 12.1 Å². The van der Waals surface area contributed by atoms with Gasteiger partial charge in [0.05, 0.1) is 23.6 Å². The standard InChI is InChI=1S/C24H26N4O6/c1-34-19-7-5-16(6-8-19)22(29)20-21(17-3-2-4-18(15-17)28(32)33)27(24(31)23(20)30)14-13-26-11-9-25-10-12-26/h2-8,15,21,25,29H,9-14H2,1H3/t21-/m1/s1. The molecule has 0 saturated carbocycles. The molecule has 0 bridgehead atoms. The number of piperazine rings is 1. The monoisotopic (exact) mass is 466 g/mol. The number of aliphatic hydroxyl groups excluding tert-OH is 1. The summed E-state index contributed by atoms with van der Waals surface area (Å²) < 4.78 is 5.15. The number of methoxy groups -OCH3 is 1. The molecule has 2 aliphatic rings. The number of carbonyl (C=O) groups is 2. The fourth-order valence-corrected chi connectivity index (χ4v) is 4.35. The van der Waals surface area contributed by atoms with Crippen LogP contribution in [-0.4, -0.2) is 77.9 Å². The molecule has 2 fully saturated rings. The maximum Gasteiger partial charge on any atom is 0.295 e. The quantitative estimate of drug-likeness (QED) is 0.209. The second-order valence-corrected chi connectivity index (χ2v) is 8.16. The number of non-ortho nitro benzene ring substituents is 1. The molecule has 2 aromatic carbocycles. The van der Waals surface area contributed by atoms with Gasteiger partial charge in [0, 0.05) is 57.0 Å². The van der Waals surface area contributed by atoms with Crippen LogP contribution in [0.5, 0.6) is 5.75 Å². The zero-order valence-electron chi connectivity index (χ0n) is 18.8. The van der Waals surface area contributed by atoms with Gasteiger partial charge in [-0.25, -0.2) is 0 Å². The van der Waals surface area contributed by atoms with E-state index in [2.05, 4.69) is 10.2 Å². The molecule has 0 aromatic heterocycles. The van der Waals surface area contributed by atoms with Crippen LogP contribution in [0.2, 0.25) is 0 Å². The smallest absolute Gasteiger partial charge is 0.295 e. The molecule has 178 valence electrons. The van der Waals surface area contributed by atoms with Crippen molar-refractivity contribution in [3.8, 4) is 5.75 Å². The minimum atomic E-state index is -0.940. The van der Waals surface area contributed by atoms with Crippen LogP contribution in [0.15, 0.2) is 54.1 Å². The average molecular weight is 466 g/mol. The number of nitro groups is 1. The molecule has 2 heterocycles. The lowest BCUT2D eigenvalue weighted by atomic mass is 9.95. The molecule has 0 unspecified atom stereocenters. The molecular formula is C24H26N4O6. The van der Waals surface area contributed by atoms with Crippen molar-refractivity contribution in [1.82, 2.24) is 15.1 Å². The predicted molar refractivity (Wildman–Crippen MR) is 124 cm³/mol. The van der Waals surface area contributed by atoms with Gasteiger partial charge in [0.25, 0.3) is 17.4 Å². The fraction of sp³-hybridized carbons (Fsp3) is 0.333. The molecule has 4 rings (SSSR count). The fourth-order valence-electron chi connectivity index (χ4n) is 4.35. The molecular weight excluding hydrogens is 440 g/mol. The minimum absolute atomic E-state index is 0.0871. The van der Waals surface area contributed by atoms with Gasteiger partial charge in [-0.2, -0.15) is 0 Å². The molecule has 2 aliphatic heterocycles. The highest BCUT2D eigenvalue weighted by atomic mass is 16.6. The lowest BCUT2D eigenvalue weighted by Gasteiger charge is -2.31. The first kappa shape index (κ1) is 23.4. The Balaban J connectivity index is 1.76. The molecule has 2 N–H and O–H groups in total. The lowest BCUT2D eigenvalue weighted by molar-refractivity contribution is -0.384. The van der Waals surface area contributed by atoms with Crippen LogP contribution < -0.4 is 10.1 Å². The van der Waals surface area contributed by atoms with Crippen molar-refractivity contribution in [3.05, 3.63) is 75.3 Å². The van der Waals surface area contributed by atoms with Crippen molar-refractivity contribution in [2.24, 2.45) is 0 Å². The van der Waals surface area contributed by atoms with Crippen molar-refractivity contribution in [1.29, 1.82) is 0 Å². The van der Waals surface area contributed by atoms with Crippen molar-refractivity contribution >= 4 is 23.1 Å². The molecule has 2 aromatic rings. The summed E-state index contributed by atoms with van der Waals surface area (Å²) in [5.74, 6) is -1.31. The number of hydrogen-bond donors (Lipinski definition) is 2. The highest BCUT2D eigenvalue weighted by molar-refractivity contribution is 6.46. The summed E-state index contributed by atoms with van der Waals surface area (Å²) in [6.45, 7) is 4.10. The second-order valence-electron chi connectivity index (χ2n) is 8.16. The maximum atomic E-state index is 13.1. The van der Waals surface area contributed by atoms with Crippen LogP contribution in [-0.2, 0) is 9.59 Å².